The van der Waals surface area contributed by atoms with Gasteiger partial charge in [0, 0.05) is 30.4 Å². The Kier molecular flexibility index (Phi) is 6.23. The molecular weight excluding hydrogens is 505 g/mol. The third kappa shape index (κ3) is 4.34. The minimum atomic E-state index is -0.523. The van der Waals surface area contributed by atoms with Gasteiger partial charge in [0.1, 0.15) is 12.2 Å². The van der Waals surface area contributed by atoms with Crippen molar-refractivity contribution in [1.29, 1.82) is 0 Å². The van der Waals surface area contributed by atoms with E-state index in [2.05, 4.69) is 29.1 Å². The van der Waals surface area contributed by atoms with Crippen LogP contribution in [0.2, 0.25) is 10.0 Å². The van der Waals surface area contributed by atoms with Crippen molar-refractivity contribution in [2.24, 2.45) is 0 Å². The number of amides is 2. The Morgan fingerprint density at radius 2 is 1.97 bits per heavy atom. The summed E-state index contributed by atoms with van der Waals surface area (Å²) in [4.78, 5) is 36.9. The zero-order valence-electron chi connectivity index (χ0n) is 19.6. The number of carbonyl (C=O) groups is 2. The van der Waals surface area contributed by atoms with Crippen molar-refractivity contribution in [2.45, 2.75) is 25.8 Å². The predicted octanol–water partition coefficient (Wildman–Crippen LogP) is 4.14. The molecule has 36 heavy (non-hydrogen) atoms. The van der Waals surface area contributed by atoms with Crippen molar-refractivity contribution in [3.63, 3.8) is 0 Å². The average molecular weight is 528 g/mol. The maximum atomic E-state index is 13.1. The molecule has 0 saturated heterocycles. The van der Waals surface area contributed by atoms with Crippen LogP contribution < -0.4 is 15.0 Å². The fourth-order valence-electron chi connectivity index (χ4n) is 4.62. The summed E-state index contributed by atoms with van der Waals surface area (Å²) >= 11 is 12.5. The molecule has 0 saturated carbocycles. The Morgan fingerprint density at radius 1 is 1.22 bits per heavy atom. The summed E-state index contributed by atoms with van der Waals surface area (Å²) in [5, 5.41) is 13.1. The number of hydrogen-bond donors (Lipinski definition) is 2. The van der Waals surface area contributed by atoms with Gasteiger partial charge in [-0.3, -0.25) is 14.5 Å². The second-order valence-electron chi connectivity index (χ2n) is 9.28. The van der Waals surface area contributed by atoms with Gasteiger partial charge in [-0.25, -0.2) is 4.98 Å². The molecule has 186 valence electrons. The van der Waals surface area contributed by atoms with Crippen LogP contribution in [-0.4, -0.2) is 51.7 Å². The molecule has 0 spiro atoms. The Bertz CT molecular complexity index is 1360. The van der Waals surface area contributed by atoms with Crippen molar-refractivity contribution in [2.75, 3.05) is 30.1 Å². The van der Waals surface area contributed by atoms with E-state index < -0.39 is 6.61 Å². The maximum Gasteiger partial charge on any atom is 0.268 e. The monoisotopic (exact) mass is 527 g/mol. The van der Waals surface area contributed by atoms with Gasteiger partial charge in [-0.15, -0.1) is 0 Å². The summed E-state index contributed by atoms with van der Waals surface area (Å²) < 4.78 is 5.75. The number of nitrogens with zero attached hydrogens (tertiary/aromatic N) is 4. The van der Waals surface area contributed by atoms with E-state index in [1.165, 1.54) is 11.1 Å². The molecule has 0 aliphatic carbocycles. The Morgan fingerprint density at radius 3 is 2.69 bits per heavy atom. The van der Waals surface area contributed by atoms with Gasteiger partial charge < -0.3 is 20.1 Å². The molecule has 0 radical (unpaired) electrons. The first-order chi connectivity index (χ1) is 17.2. The minimum absolute atomic E-state index is 0.103. The number of rotatable bonds is 4. The van der Waals surface area contributed by atoms with Crippen LogP contribution in [0.25, 0.3) is 0 Å². The number of fused-ring (bicyclic) bond motifs is 2. The van der Waals surface area contributed by atoms with Crippen LogP contribution in [0.4, 0.5) is 17.3 Å². The molecular formula is C25H23Cl2N5O4. The number of aliphatic hydroxyl groups excluding tert-OH is 1. The van der Waals surface area contributed by atoms with Crippen LogP contribution in [0.1, 0.15) is 35.3 Å². The number of ether oxygens (including phenoxy) is 1. The third-order valence-corrected chi connectivity index (χ3v) is 6.90. The molecule has 11 heteroatoms. The highest BCUT2D eigenvalue weighted by Gasteiger charge is 2.34. The highest BCUT2D eigenvalue weighted by molar-refractivity contribution is 6.40. The second kappa shape index (κ2) is 9.24. The zero-order chi connectivity index (χ0) is 25.6. The summed E-state index contributed by atoms with van der Waals surface area (Å²) in [6.07, 6.45) is 1.40. The lowest BCUT2D eigenvalue weighted by Crippen LogP contribution is -2.46. The van der Waals surface area contributed by atoms with Gasteiger partial charge in [-0.2, -0.15) is 4.98 Å². The number of aliphatic hydroxyl groups is 1. The zero-order valence-corrected chi connectivity index (χ0v) is 21.1. The molecule has 0 unspecified atom stereocenters. The molecule has 2 aliphatic heterocycles. The van der Waals surface area contributed by atoms with E-state index in [0.717, 1.165) is 16.8 Å². The standard InChI is InChI=1S/C25H23Cl2N5O4/c1-25(2)12-31(20(34)11-33)10-14-8-15(6-7-17(14)25)29-24-28-9-16-22(30-24)36-13-32(23(16)35)21-18(26)4-3-5-19(21)27/h3-9,33H,10-13H2,1-2H3,(H,28,29,30). The predicted molar refractivity (Wildman–Crippen MR) is 136 cm³/mol. The lowest BCUT2D eigenvalue weighted by molar-refractivity contribution is -0.136. The van der Waals surface area contributed by atoms with Gasteiger partial charge in [0.2, 0.25) is 17.7 Å². The van der Waals surface area contributed by atoms with E-state index >= 15 is 0 Å². The Hall–Kier alpha value is -3.40. The van der Waals surface area contributed by atoms with E-state index in [-0.39, 0.29) is 41.4 Å². The van der Waals surface area contributed by atoms with E-state index in [1.807, 2.05) is 18.2 Å². The first-order valence-corrected chi connectivity index (χ1v) is 12.0. The van der Waals surface area contributed by atoms with Gasteiger partial charge >= 0.3 is 0 Å². The molecule has 0 fully saturated rings. The number of anilines is 3. The Labute approximate surface area is 217 Å². The highest BCUT2D eigenvalue weighted by Crippen LogP contribution is 2.38. The number of halogens is 2. The smallest absolute Gasteiger partial charge is 0.268 e. The number of hydrogen-bond acceptors (Lipinski definition) is 7. The fraction of sp³-hybridized carbons (Fsp3) is 0.280. The summed E-state index contributed by atoms with van der Waals surface area (Å²) in [5.74, 6) is -0.277. The molecule has 0 atom stereocenters. The fourth-order valence-corrected chi connectivity index (χ4v) is 5.22. The van der Waals surface area contributed by atoms with Crippen molar-refractivity contribution in [3.05, 3.63) is 69.3 Å². The van der Waals surface area contributed by atoms with E-state index in [9.17, 15) is 14.7 Å². The van der Waals surface area contributed by atoms with Crippen molar-refractivity contribution in [1.82, 2.24) is 14.9 Å². The van der Waals surface area contributed by atoms with Gasteiger partial charge in [-0.1, -0.05) is 49.2 Å². The largest absolute Gasteiger partial charge is 0.455 e. The summed E-state index contributed by atoms with van der Waals surface area (Å²) in [6, 6.07) is 10.9. The van der Waals surface area contributed by atoms with Gasteiger partial charge in [0.15, 0.2) is 6.73 Å². The molecule has 1 aromatic heterocycles. The van der Waals surface area contributed by atoms with E-state index in [4.69, 9.17) is 27.9 Å². The van der Waals surface area contributed by atoms with E-state index in [0.29, 0.717) is 28.8 Å². The number of carbonyl (C=O) groups excluding carboxylic acids is 2. The Balaban J connectivity index is 1.39. The molecule has 0 bridgehead atoms. The van der Waals surface area contributed by atoms with Crippen LogP contribution >= 0.6 is 23.2 Å². The summed E-state index contributed by atoms with van der Waals surface area (Å²) in [5.41, 5.74) is 3.11. The molecule has 5 rings (SSSR count). The number of para-hydroxylation sites is 1. The quantitative estimate of drug-likeness (QED) is 0.524. The van der Waals surface area contributed by atoms with E-state index in [1.54, 1.807) is 23.1 Å². The number of aromatic nitrogens is 2. The van der Waals surface area contributed by atoms with Gasteiger partial charge in [0.05, 0.1) is 15.7 Å². The summed E-state index contributed by atoms with van der Waals surface area (Å²) in [6.45, 7) is 4.43. The van der Waals surface area contributed by atoms with Crippen LogP contribution in [0.5, 0.6) is 5.88 Å². The van der Waals surface area contributed by atoms with Crippen LogP contribution in [-0.2, 0) is 16.8 Å². The topological polar surface area (TPSA) is 108 Å². The average Bonchev–Trinajstić information content (AvgIpc) is 2.84. The van der Waals surface area contributed by atoms with Crippen LogP contribution in [0.15, 0.2) is 42.6 Å². The van der Waals surface area contributed by atoms with Crippen molar-refractivity contribution >= 4 is 52.3 Å². The number of benzene rings is 2. The summed E-state index contributed by atoms with van der Waals surface area (Å²) in [7, 11) is 0. The van der Waals surface area contributed by atoms with Crippen LogP contribution in [0, 0.1) is 0 Å². The molecule has 3 heterocycles. The molecule has 2 N–H and O–H groups in total. The third-order valence-electron chi connectivity index (χ3n) is 6.29. The first kappa shape index (κ1) is 24.3. The minimum Gasteiger partial charge on any atom is -0.455 e. The lowest BCUT2D eigenvalue weighted by Gasteiger charge is -2.40. The maximum absolute atomic E-state index is 13.1. The SMILES string of the molecule is CC1(C)CN(C(=O)CO)Cc2cc(Nc3ncc4c(n3)OCN(c3c(Cl)cccc3Cl)C4=O)ccc21. The molecule has 9 nitrogen and oxygen atoms in total. The van der Waals surface area contributed by atoms with Crippen molar-refractivity contribution in [3.8, 4) is 5.88 Å². The van der Waals surface area contributed by atoms with Gasteiger partial charge in [0.25, 0.3) is 5.91 Å². The lowest BCUT2D eigenvalue weighted by atomic mass is 9.78. The molecule has 2 amide bonds. The second-order valence-corrected chi connectivity index (χ2v) is 10.1. The highest BCUT2D eigenvalue weighted by atomic mass is 35.5. The van der Waals surface area contributed by atoms with Crippen molar-refractivity contribution < 1.29 is 19.4 Å². The number of nitrogens with one attached hydrogen (secondary N) is 1. The molecule has 3 aromatic rings. The van der Waals surface area contributed by atoms with Gasteiger partial charge in [-0.05, 0) is 35.4 Å². The molecule has 2 aliphatic rings. The molecule has 2 aromatic carbocycles. The van der Waals surface area contributed by atoms with Crippen LogP contribution in [0.3, 0.4) is 0 Å². The first-order valence-electron chi connectivity index (χ1n) is 11.2. The normalized spacial score (nSPS) is 16.2.